The van der Waals surface area contributed by atoms with Gasteiger partial charge in [0.15, 0.2) is 0 Å². The average molecular weight is 445 g/mol. The van der Waals surface area contributed by atoms with Gasteiger partial charge in [0.05, 0.1) is 17.4 Å². The Morgan fingerprint density at radius 1 is 0.969 bits per heavy atom. The van der Waals surface area contributed by atoms with E-state index in [1.165, 1.54) is 4.57 Å². The largest absolute Gasteiger partial charge is 0.334 e. The van der Waals surface area contributed by atoms with E-state index in [-0.39, 0.29) is 18.0 Å². The second-order valence-corrected chi connectivity index (χ2v) is 7.93. The Morgan fingerprint density at radius 3 is 2.44 bits per heavy atom. The van der Waals surface area contributed by atoms with Crippen LogP contribution in [0.15, 0.2) is 80.8 Å². The maximum atomic E-state index is 13.0. The van der Waals surface area contributed by atoms with Gasteiger partial charge in [-0.25, -0.2) is 4.79 Å². The SMILES string of the molecule is Cc1ccc(Cn2c(=O)[nH]c3cc(-c4nc(-c5ccc(Cl)cc5)no4)ccc3c2=O)cc1. The number of halogens is 1. The van der Waals surface area contributed by atoms with Gasteiger partial charge in [-0.15, -0.1) is 0 Å². The summed E-state index contributed by atoms with van der Waals surface area (Å²) in [7, 11) is 0. The Kier molecular flexibility index (Phi) is 4.95. The molecule has 0 saturated carbocycles. The molecule has 0 amide bonds. The van der Waals surface area contributed by atoms with Crippen LogP contribution in [0.3, 0.4) is 0 Å². The summed E-state index contributed by atoms with van der Waals surface area (Å²) in [6.07, 6.45) is 0. The number of aromatic nitrogens is 4. The van der Waals surface area contributed by atoms with Gasteiger partial charge in [-0.2, -0.15) is 4.98 Å². The molecule has 0 bridgehead atoms. The standard InChI is InChI=1S/C24H17ClN4O3/c1-14-2-4-15(5-3-14)13-29-23(30)19-11-8-17(12-20(19)26-24(29)31)22-27-21(28-32-22)16-6-9-18(25)10-7-16/h2-12H,13H2,1H3,(H,26,31). The highest BCUT2D eigenvalue weighted by atomic mass is 35.5. The first kappa shape index (κ1) is 20.0. The van der Waals surface area contributed by atoms with Gasteiger partial charge < -0.3 is 9.51 Å². The number of aromatic amines is 1. The molecule has 0 aliphatic carbocycles. The molecule has 5 aromatic rings. The topological polar surface area (TPSA) is 93.8 Å². The third-order valence-corrected chi connectivity index (χ3v) is 5.47. The van der Waals surface area contributed by atoms with Crippen LogP contribution in [0.2, 0.25) is 5.02 Å². The van der Waals surface area contributed by atoms with E-state index in [4.69, 9.17) is 16.1 Å². The molecule has 1 N–H and O–H groups in total. The first-order valence-corrected chi connectivity index (χ1v) is 10.3. The molecule has 2 heterocycles. The lowest BCUT2D eigenvalue weighted by molar-refractivity contribution is 0.432. The molecular formula is C24H17ClN4O3. The molecule has 0 aliphatic rings. The van der Waals surface area contributed by atoms with Gasteiger partial charge in [0.2, 0.25) is 5.82 Å². The summed E-state index contributed by atoms with van der Waals surface area (Å²) >= 11 is 5.92. The fraction of sp³-hybridized carbons (Fsp3) is 0.0833. The number of benzene rings is 3. The summed E-state index contributed by atoms with van der Waals surface area (Å²) in [4.78, 5) is 32.8. The predicted octanol–water partition coefficient (Wildman–Crippen LogP) is 4.42. The van der Waals surface area contributed by atoms with Crippen LogP contribution < -0.4 is 11.2 Å². The van der Waals surface area contributed by atoms with Gasteiger partial charge in [-0.3, -0.25) is 9.36 Å². The third-order valence-electron chi connectivity index (χ3n) is 5.22. The van der Waals surface area contributed by atoms with Crippen LogP contribution in [0.4, 0.5) is 0 Å². The maximum Gasteiger partial charge on any atom is 0.329 e. The number of rotatable bonds is 4. The van der Waals surface area contributed by atoms with Crippen LogP contribution in [-0.2, 0) is 6.54 Å². The van der Waals surface area contributed by atoms with Crippen LogP contribution >= 0.6 is 11.6 Å². The van der Waals surface area contributed by atoms with E-state index in [2.05, 4.69) is 15.1 Å². The zero-order chi connectivity index (χ0) is 22.2. The molecule has 0 radical (unpaired) electrons. The number of nitrogens with one attached hydrogen (secondary N) is 1. The van der Waals surface area contributed by atoms with Crippen LogP contribution in [0, 0.1) is 6.92 Å². The number of nitrogens with zero attached hydrogens (tertiary/aromatic N) is 3. The predicted molar refractivity (Wildman–Crippen MR) is 123 cm³/mol. The Bertz CT molecular complexity index is 1550. The fourth-order valence-corrected chi connectivity index (χ4v) is 3.59. The molecule has 2 aromatic heterocycles. The Morgan fingerprint density at radius 2 is 1.69 bits per heavy atom. The molecule has 0 fully saturated rings. The van der Waals surface area contributed by atoms with E-state index in [0.29, 0.717) is 27.3 Å². The van der Waals surface area contributed by atoms with Crippen LogP contribution in [0.25, 0.3) is 33.7 Å². The van der Waals surface area contributed by atoms with Crippen LogP contribution in [-0.4, -0.2) is 19.7 Å². The second kappa shape index (κ2) is 7.94. The fourth-order valence-electron chi connectivity index (χ4n) is 3.46. The van der Waals surface area contributed by atoms with Gasteiger partial charge in [0.25, 0.3) is 11.4 Å². The molecule has 32 heavy (non-hydrogen) atoms. The minimum Gasteiger partial charge on any atom is -0.334 e. The minimum atomic E-state index is -0.479. The molecular weight excluding hydrogens is 428 g/mol. The number of fused-ring (bicyclic) bond motifs is 1. The molecule has 158 valence electrons. The molecule has 0 spiro atoms. The van der Waals surface area contributed by atoms with Gasteiger partial charge >= 0.3 is 5.69 Å². The van der Waals surface area contributed by atoms with E-state index in [1.54, 1.807) is 42.5 Å². The summed E-state index contributed by atoms with van der Waals surface area (Å²) in [5, 5.41) is 5.02. The molecule has 0 aliphatic heterocycles. The third kappa shape index (κ3) is 3.74. The van der Waals surface area contributed by atoms with Gasteiger partial charge in [0, 0.05) is 16.1 Å². The van der Waals surface area contributed by atoms with Crippen molar-refractivity contribution >= 4 is 22.5 Å². The van der Waals surface area contributed by atoms with Crippen molar-refractivity contribution in [3.8, 4) is 22.8 Å². The monoisotopic (exact) mass is 444 g/mol. The Balaban J connectivity index is 1.51. The number of hydrogen-bond donors (Lipinski definition) is 1. The van der Waals surface area contributed by atoms with Crippen molar-refractivity contribution in [3.05, 3.63) is 104 Å². The van der Waals surface area contributed by atoms with Crippen molar-refractivity contribution in [1.82, 2.24) is 19.7 Å². The molecule has 7 nitrogen and oxygen atoms in total. The van der Waals surface area contributed by atoms with E-state index in [1.807, 2.05) is 31.2 Å². The summed E-state index contributed by atoms with van der Waals surface area (Å²) < 4.78 is 6.58. The van der Waals surface area contributed by atoms with Crippen molar-refractivity contribution in [2.45, 2.75) is 13.5 Å². The number of H-pyrrole nitrogens is 1. The highest BCUT2D eigenvalue weighted by molar-refractivity contribution is 6.30. The van der Waals surface area contributed by atoms with E-state index in [0.717, 1.165) is 16.7 Å². The molecule has 0 unspecified atom stereocenters. The second-order valence-electron chi connectivity index (χ2n) is 7.50. The lowest BCUT2D eigenvalue weighted by Gasteiger charge is -2.07. The normalized spacial score (nSPS) is 11.2. The van der Waals surface area contributed by atoms with Crippen molar-refractivity contribution in [3.63, 3.8) is 0 Å². The summed E-state index contributed by atoms with van der Waals surface area (Å²) in [5.41, 5.74) is 2.91. The first-order valence-electron chi connectivity index (χ1n) is 9.90. The Hall–Kier alpha value is -3.97. The molecule has 5 rings (SSSR count). The lowest BCUT2D eigenvalue weighted by Crippen LogP contribution is -2.35. The Labute approximate surface area is 186 Å². The molecule has 0 saturated heterocycles. The molecule has 3 aromatic carbocycles. The van der Waals surface area contributed by atoms with Gasteiger partial charge in [-0.05, 0) is 55.0 Å². The summed E-state index contributed by atoms with van der Waals surface area (Å²) in [5.74, 6) is 0.695. The number of hydrogen-bond acceptors (Lipinski definition) is 5. The van der Waals surface area contributed by atoms with E-state index >= 15 is 0 Å². The highest BCUT2D eigenvalue weighted by Crippen LogP contribution is 2.24. The summed E-state index contributed by atoms with van der Waals surface area (Å²) in [6, 6.07) is 19.8. The van der Waals surface area contributed by atoms with E-state index < -0.39 is 5.69 Å². The first-order chi connectivity index (χ1) is 15.5. The van der Waals surface area contributed by atoms with Gasteiger partial charge in [-0.1, -0.05) is 46.6 Å². The van der Waals surface area contributed by atoms with Crippen molar-refractivity contribution in [2.75, 3.05) is 0 Å². The van der Waals surface area contributed by atoms with Crippen LogP contribution in [0.5, 0.6) is 0 Å². The van der Waals surface area contributed by atoms with Crippen LogP contribution in [0.1, 0.15) is 11.1 Å². The van der Waals surface area contributed by atoms with Crippen molar-refractivity contribution in [2.24, 2.45) is 0 Å². The van der Waals surface area contributed by atoms with Gasteiger partial charge in [0.1, 0.15) is 0 Å². The van der Waals surface area contributed by atoms with E-state index in [9.17, 15) is 9.59 Å². The zero-order valence-corrected chi connectivity index (χ0v) is 17.8. The zero-order valence-electron chi connectivity index (χ0n) is 17.0. The quantitative estimate of drug-likeness (QED) is 0.443. The number of aryl methyl sites for hydroxylation is 1. The molecule has 0 atom stereocenters. The smallest absolute Gasteiger partial charge is 0.329 e. The minimum absolute atomic E-state index is 0.195. The molecule has 8 heteroatoms. The lowest BCUT2D eigenvalue weighted by atomic mass is 10.1. The summed E-state index contributed by atoms with van der Waals surface area (Å²) in [6.45, 7) is 2.18. The maximum absolute atomic E-state index is 13.0. The highest BCUT2D eigenvalue weighted by Gasteiger charge is 2.14. The van der Waals surface area contributed by atoms with Crippen molar-refractivity contribution in [1.29, 1.82) is 0 Å². The van der Waals surface area contributed by atoms with Crippen molar-refractivity contribution < 1.29 is 4.52 Å². The average Bonchev–Trinajstić information content (AvgIpc) is 3.28.